The Morgan fingerprint density at radius 3 is 2.83 bits per heavy atom. The Morgan fingerprint density at radius 1 is 1.25 bits per heavy atom. The van der Waals surface area contributed by atoms with Gasteiger partial charge in [0.1, 0.15) is 6.04 Å². The second-order valence-corrected chi connectivity index (χ2v) is 6.47. The third kappa shape index (κ3) is 2.40. The fraction of sp³-hybridized carbons (Fsp3) is 0.471. The first-order valence-corrected chi connectivity index (χ1v) is 8.21. The number of likely N-dealkylation sites (tertiary alicyclic amines) is 1. The summed E-state index contributed by atoms with van der Waals surface area (Å²) in [6, 6.07) is 4.14. The van der Waals surface area contributed by atoms with E-state index in [4.69, 9.17) is 8.94 Å². The molecule has 126 valence electrons. The minimum Gasteiger partial charge on any atom is -0.480 e. The van der Waals surface area contributed by atoms with Crippen LogP contribution in [0.15, 0.2) is 33.4 Å². The minimum atomic E-state index is -0.951. The maximum absolute atomic E-state index is 12.9. The number of nitrogens with zero attached hydrogens (tertiary/aromatic N) is 2. The van der Waals surface area contributed by atoms with Crippen molar-refractivity contribution in [3.05, 3.63) is 30.2 Å². The van der Waals surface area contributed by atoms with Crippen molar-refractivity contribution in [2.45, 2.75) is 44.2 Å². The normalized spacial score (nSPS) is 26.3. The highest BCUT2D eigenvalue weighted by atomic mass is 16.5. The Bertz CT molecular complexity index is 751. The Hall–Kier alpha value is -2.57. The largest absolute Gasteiger partial charge is 0.480 e. The van der Waals surface area contributed by atoms with Gasteiger partial charge in [-0.1, -0.05) is 18.0 Å². The van der Waals surface area contributed by atoms with Crippen molar-refractivity contribution in [2.75, 3.05) is 0 Å². The van der Waals surface area contributed by atoms with Crippen LogP contribution in [0, 0.1) is 5.92 Å². The zero-order valence-corrected chi connectivity index (χ0v) is 13.1. The fourth-order valence-electron chi connectivity index (χ4n) is 4.02. The van der Waals surface area contributed by atoms with E-state index >= 15 is 0 Å². The minimum absolute atomic E-state index is 0.0175. The van der Waals surface area contributed by atoms with Gasteiger partial charge in [-0.25, -0.2) is 4.79 Å². The maximum Gasteiger partial charge on any atom is 0.326 e. The van der Waals surface area contributed by atoms with E-state index in [0.29, 0.717) is 17.9 Å². The number of amides is 1. The van der Waals surface area contributed by atoms with Crippen LogP contribution in [0.25, 0.3) is 11.5 Å². The first kappa shape index (κ1) is 15.0. The lowest BCUT2D eigenvalue weighted by Gasteiger charge is -2.32. The third-order valence-electron chi connectivity index (χ3n) is 5.10. The van der Waals surface area contributed by atoms with Crippen LogP contribution < -0.4 is 0 Å². The number of furan rings is 1. The summed E-state index contributed by atoms with van der Waals surface area (Å²) >= 11 is 0. The van der Waals surface area contributed by atoms with Crippen LogP contribution in [0.5, 0.6) is 0 Å². The number of aromatic nitrogens is 1. The van der Waals surface area contributed by atoms with E-state index in [1.165, 1.54) is 17.2 Å². The molecule has 3 atom stereocenters. The summed E-state index contributed by atoms with van der Waals surface area (Å²) in [5, 5.41) is 13.4. The van der Waals surface area contributed by atoms with E-state index in [0.717, 1.165) is 25.7 Å². The molecule has 1 aliphatic carbocycles. The van der Waals surface area contributed by atoms with Crippen molar-refractivity contribution in [3.8, 4) is 11.5 Å². The Kier molecular flexibility index (Phi) is 3.63. The number of hydrogen-bond donors (Lipinski definition) is 1. The Morgan fingerprint density at radius 2 is 2.08 bits per heavy atom. The highest BCUT2D eigenvalue weighted by molar-refractivity contribution is 5.96. The van der Waals surface area contributed by atoms with Gasteiger partial charge in [0.25, 0.3) is 5.91 Å². The maximum atomic E-state index is 12.9. The van der Waals surface area contributed by atoms with Gasteiger partial charge in [-0.05, 0) is 37.3 Å². The molecule has 0 bridgehead atoms. The molecule has 1 N–H and O–H groups in total. The number of carboxylic acid groups (broad SMARTS) is 1. The molecule has 1 saturated heterocycles. The van der Waals surface area contributed by atoms with Crippen LogP contribution in [-0.4, -0.2) is 39.1 Å². The van der Waals surface area contributed by atoms with Crippen LogP contribution in [0.3, 0.4) is 0 Å². The van der Waals surface area contributed by atoms with Gasteiger partial charge in [0.05, 0.1) is 6.26 Å². The number of carbonyl (C=O) groups is 2. The molecule has 1 amide bonds. The van der Waals surface area contributed by atoms with Gasteiger partial charge in [-0.15, -0.1) is 0 Å². The number of fused-ring (bicyclic) bond motifs is 1. The van der Waals surface area contributed by atoms with Crippen LogP contribution in [-0.2, 0) is 4.79 Å². The number of hydrogen-bond acceptors (Lipinski definition) is 5. The van der Waals surface area contributed by atoms with Gasteiger partial charge in [-0.2, -0.15) is 0 Å². The van der Waals surface area contributed by atoms with E-state index in [1.807, 2.05) is 0 Å². The molecular weight excluding hydrogens is 312 g/mol. The summed E-state index contributed by atoms with van der Waals surface area (Å²) in [5.74, 6) is -0.228. The molecule has 4 rings (SSSR count). The molecule has 24 heavy (non-hydrogen) atoms. The van der Waals surface area contributed by atoms with E-state index in [-0.39, 0.29) is 23.6 Å². The molecule has 1 saturated carbocycles. The van der Waals surface area contributed by atoms with Gasteiger partial charge < -0.3 is 18.9 Å². The van der Waals surface area contributed by atoms with Gasteiger partial charge in [0.15, 0.2) is 11.5 Å². The molecule has 0 radical (unpaired) electrons. The van der Waals surface area contributed by atoms with Crippen LogP contribution in [0.2, 0.25) is 0 Å². The van der Waals surface area contributed by atoms with Crippen molar-refractivity contribution >= 4 is 11.9 Å². The van der Waals surface area contributed by atoms with Gasteiger partial charge in [0, 0.05) is 12.1 Å². The topological polar surface area (TPSA) is 96.8 Å². The average Bonchev–Trinajstić information content (AvgIpc) is 3.31. The van der Waals surface area contributed by atoms with Crippen molar-refractivity contribution < 1.29 is 23.6 Å². The van der Waals surface area contributed by atoms with Gasteiger partial charge in [0.2, 0.25) is 5.76 Å². The Labute approximate surface area is 138 Å². The summed E-state index contributed by atoms with van der Waals surface area (Å²) < 4.78 is 10.4. The molecule has 0 unspecified atom stereocenters. The van der Waals surface area contributed by atoms with Gasteiger partial charge >= 0.3 is 5.97 Å². The number of carbonyl (C=O) groups excluding carboxylic acids is 1. The van der Waals surface area contributed by atoms with E-state index in [2.05, 4.69) is 5.16 Å². The third-order valence-corrected chi connectivity index (χ3v) is 5.10. The monoisotopic (exact) mass is 330 g/mol. The summed E-state index contributed by atoms with van der Waals surface area (Å²) in [6.45, 7) is 0. The number of rotatable bonds is 3. The lowest BCUT2D eigenvalue weighted by atomic mass is 9.84. The highest BCUT2D eigenvalue weighted by Crippen LogP contribution is 2.40. The molecule has 0 spiro atoms. The predicted octanol–water partition coefficient (Wildman–Crippen LogP) is 2.79. The lowest BCUT2D eigenvalue weighted by Crippen LogP contribution is -2.46. The molecule has 1 aliphatic heterocycles. The fourth-order valence-corrected chi connectivity index (χ4v) is 4.02. The molecule has 3 heterocycles. The van der Waals surface area contributed by atoms with E-state index in [9.17, 15) is 14.7 Å². The van der Waals surface area contributed by atoms with Crippen molar-refractivity contribution in [3.63, 3.8) is 0 Å². The quantitative estimate of drug-likeness (QED) is 0.929. The predicted molar refractivity (Wildman–Crippen MR) is 82.2 cm³/mol. The molecule has 0 aromatic carbocycles. The average molecular weight is 330 g/mol. The summed E-state index contributed by atoms with van der Waals surface area (Å²) in [5.41, 5.74) is 0.124. The standard InChI is InChI=1S/C17H18N2O5/c20-16(11-9-15(24-18-11)14-6-3-7-23-14)19-12-5-2-1-4-10(12)8-13(19)17(21)22/h3,6-7,9-10,12-13H,1-2,4-5,8H2,(H,21,22)/t10-,12-,13-/m0/s1. The van der Waals surface area contributed by atoms with Crippen LogP contribution in [0.4, 0.5) is 0 Å². The van der Waals surface area contributed by atoms with Crippen molar-refractivity contribution in [1.29, 1.82) is 0 Å². The summed E-state index contributed by atoms with van der Waals surface area (Å²) in [4.78, 5) is 26.0. The molecule has 7 heteroatoms. The number of carboxylic acids is 1. The lowest BCUT2D eigenvalue weighted by molar-refractivity contribution is -0.141. The highest BCUT2D eigenvalue weighted by Gasteiger charge is 2.48. The van der Waals surface area contributed by atoms with Crippen LogP contribution in [0.1, 0.15) is 42.6 Å². The molecule has 2 aromatic heterocycles. The van der Waals surface area contributed by atoms with Crippen LogP contribution >= 0.6 is 0 Å². The molecule has 2 aromatic rings. The molecule has 2 aliphatic rings. The number of aliphatic carboxylic acids is 1. The zero-order chi connectivity index (χ0) is 16.7. The zero-order valence-electron chi connectivity index (χ0n) is 13.1. The second-order valence-electron chi connectivity index (χ2n) is 6.47. The summed E-state index contributed by atoms with van der Waals surface area (Å²) in [6.07, 6.45) is 5.98. The van der Waals surface area contributed by atoms with Crippen molar-refractivity contribution in [2.24, 2.45) is 5.92 Å². The summed E-state index contributed by atoms with van der Waals surface area (Å²) in [7, 11) is 0. The van der Waals surface area contributed by atoms with Gasteiger partial charge in [-0.3, -0.25) is 4.79 Å². The molecule has 2 fully saturated rings. The first-order valence-electron chi connectivity index (χ1n) is 8.21. The van der Waals surface area contributed by atoms with Crippen molar-refractivity contribution in [1.82, 2.24) is 10.1 Å². The SMILES string of the molecule is O=C(O)[C@@H]1C[C@@H]2CCCC[C@@H]2N1C(=O)c1cc(-c2ccco2)on1. The smallest absolute Gasteiger partial charge is 0.326 e. The Balaban J connectivity index is 1.63. The first-order chi connectivity index (χ1) is 11.6. The molecule has 7 nitrogen and oxygen atoms in total. The van der Waals surface area contributed by atoms with E-state index in [1.54, 1.807) is 12.1 Å². The second kappa shape index (κ2) is 5.81. The molecular formula is C17H18N2O5. The van der Waals surface area contributed by atoms with E-state index < -0.39 is 12.0 Å².